The number of rotatable bonds is 3. The average Bonchev–Trinajstić information content (AvgIpc) is 2.34. The van der Waals surface area contributed by atoms with Crippen LogP contribution in [0.4, 0.5) is 4.39 Å². The number of aromatic hydroxyl groups is 1. The van der Waals surface area contributed by atoms with E-state index < -0.39 is 11.8 Å². The monoisotopic (exact) mass is 248 g/mol. The topological polar surface area (TPSA) is 66.8 Å². The number of halogens is 1. The molecular weight excluding hydrogens is 239 g/mol. The van der Waals surface area contributed by atoms with E-state index in [2.05, 4.69) is 0 Å². The molecule has 0 heterocycles. The van der Waals surface area contributed by atoms with Crippen LogP contribution in [0.25, 0.3) is 0 Å². The molecule has 2 rings (SSSR count). The van der Waals surface area contributed by atoms with Crippen LogP contribution in [0.3, 0.4) is 0 Å². The number of carboxylic acids is 1. The summed E-state index contributed by atoms with van der Waals surface area (Å²) in [6, 6.07) is 9.13. The largest absolute Gasteiger partial charge is 0.508 e. The number of benzene rings is 2. The first-order valence-corrected chi connectivity index (χ1v) is 5.06. The van der Waals surface area contributed by atoms with E-state index in [-0.39, 0.29) is 17.1 Å². The molecule has 0 spiro atoms. The summed E-state index contributed by atoms with van der Waals surface area (Å²) in [6.45, 7) is 0. The summed E-state index contributed by atoms with van der Waals surface area (Å²) in [5, 5.41) is 17.8. The van der Waals surface area contributed by atoms with Crippen LogP contribution in [0.5, 0.6) is 17.2 Å². The fourth-order valence-corrected chi connectivity index (χ4v) is 1.36. The van der Waals surface area contributed by atoms with E-state index in [9.17, 15) is 9.18 Å². The molecule has 0 aliphatic heterocycles. The lowest BCUT2D eigenvalue weighted by molar-refractivity contribution is 0.0696. The Morgan fingerprint density at radius 1 is 1.11 bits per heavy atom. The van der Waals surface area contributed by atoms with Gasteiger partial charge in [0.25, 0.3) is 0 Å². The molecule has 2 aromatic carbocycles. The Morgan fingerprint density at radius 2 is 1.78 bits per heavy atom. The first-order valence-electron chi connectivity index (χ1n) is 5.06. The third-order valence-corrected chi connectivity index (χ3v) is 2.24. The van der Waals surface area contributed by atoms with Crippen LogP contribution in [0.1, 0.15) is 10.4 Å². The Balaban J connectivity index is 2.24. The summed E-state index contributed by atoms with van der Waals surface area (Å²) in [4.78, 5) is 10.6. The second kappa shape index (κ2) is 4.75. The number of ether oxygens (including phenoxy) is 1. The van der Waals surface area contributed by atoms with Gasteiger partial charge in [-0.1, -0.05) is 0 Å². The molecule has 2 N–H and O–H groups in total. The van der Waals surface area contributed by atoms with Crippen molar-refractivity contribution in [3.8, 4) is 17.2 Å². The van der Waals surface area contributed by atoms with Gasteiger partial charge in [0.15, 0.2) is 11.6 Å². The van der Waals surface area contributed by atoms with Gasteiger partial charge in [-0.25, -0.2) is 9.18 Å². The number of hydrogen-bond donors (Lipinski definition) is 2. The van der Waals surface area contributed by atoms with Gasteiger partial charge in [-0.05, 0) is 42.5 Å². The molecule has 0 aliphatic rings. The van der Waals surface area contributed by atoms with Gasteiger partial charge in [0.2, 0.25) is 0 Å². The van der Waals surface area contributed by atoms with Gasteiger partial charge in [0.1, 0.15) is 11.5 Å². The zero-order chi connectivity index (χ0) is 13.1. The summed E-state index contributed by atoms with van der Waals surface area (Å²) in [7, 11) is 0. The lowest BCUT2D eigenvalue weighted by Crippen LogP contribution is -1.97. The van der Waals surface area contributed by atoms with E-state index in [1.165, 1.54) is 36.4 Å². The average molecular weight is 248 g/mol. The molecule has 92 valence electrons. The normalized spacial score (nSPS) is 10.1. The van der Waals surface area contributed by atoms with Gasteiger partial charge in [-0.3, -0.25) is 0 Å². The summed E-state index contributed by atoms with van der Waals surface area (Å²) >= 11 is 0. The Labute approximate surface area is 102 Å². The molecule has 5 heteroatoms. The molecule has 0 bridgehead atoms. The van der Waals surface area contributed by atoms with Crippen LogP contribution in [-0.2, 0) is 0 Å². The predicted molar refractivity (Wildman–Crippen MR) is 61.5 cm³/mol. The Hall–Kier alpha value is -2.56. The second-order valence-electron chi connectivity index (χ2n) is 3.55. The van der Waals surface area contributed by atoms with Crippen LogP contribution < -0.4 is 4.74 Å². The minimum absolute atomic E-state index is 0.0732. The van der Waals surface area contributed by atoms with Gasteiger partial charge < -0.3 is 14.9 Å². The van der Waals surface area contributed by atoms with E-state index in [0.29, 0.717) is 5.75 Å². The second-order valence-corrected chi connectivity index (χ2v) is 3.55. The highest BCUT2D eigenvalue weighted by Gasteiger charge is 2.09. The van der Waals surface area contributed by atoms with Crippen molar-refractivity contribution in [3.63, 3.8) is 0 Å². The summed E-state index contributed by atoms with van der Waals surface area (Å²) in [6.07, 6.45) is 0. The third kappa shape index (κ3) is 2.57. The number of phenols is 1. The highest BCUT2D eigenvalue weighted by atomic mass is 19.1. The van der Waals surface area contributed by atoms with Crippen molar-refractivity contribution in [1.82, 2.24) is 0 Å². The van der Waals surface area contributed by atoms with Crippen molar-refractivity contribution in [2.24, 2.45) is 0 Å². The van der Waals surface area contributed by atoms with Gasteiger partial charge >= 0.3 is 5.97 Å². The van der Waals surface area contributed by atoms with Crippen molar-refractivity contribution >= 4 is 5.97 Å². The summed E-state index contributed by atoms with van der Waals surface area (Å²) in [5.74, 6) is -1.63. The van der Waals surface area contributed by atoms with Crippen LogP contribution in [0.15, 0.2) is 42.5 Å². The highest BCUT2D eigenvalue weighted by molar-refractivity contribution is 5.87. The van der Waals surface area contributed by atoms with E-state index >= 15 is 0 Å². The Bertz CT molecular complexity index is 578. The molecule has 0 saturated carbocycles. The first-order chi connectivity index (χ1) is 8.56. The van der Waals surface area contributed by atoms with Gasteiger partial charge in [0.05, 0.1) is 5.56 Å². The molecule has 0 unspecified atom stereocenters. The van der Waals surface area contributed by atoms with E-state index in [1.807, 2.05) is 0 Å². The minimum atomic E-state index is -1.20. The van der Waals surface area contributed by atoms with Gasteiger partial charge in [-0.2, -0.15) is 0 Å². The standard InChI is InChI=1S/C13H9FO4/c14-11-7-8(13(16)17)1-6-12(11)18-10-4-2-9(15)3-5-10/h1-7,15H,(H,16,17). The Kier molecular flexibility index (Phi) is 3.14. The van der Waals surface area contributed by atoms with E-state index in [0.717, 1.165) is 6.07 Å². The maximum Gasteiger partial charge on any atom is 0.335 e. The molecule has 0 fully saturated rings. The quantitative estimate of drug-likeness (QED) is 0.876. The highest BCUT2D eigenvalue weighted by Crippen LogP contribution is 2.26. The van der Waals surface area contributed by atoms with Crippen molar-refractivity contribution in [3.05, 3.63) is 53.8 Å². The molecule has 4 nitrogen and oxygen atoms in total. The molecule has 18 heavy (non-hydrogen) atoms. The number of carbonyl (C=O) groups is 1. The van der Waals surface area contributed by atoms with Crippen LogP contribution in [-0.4, -0.2) is 16.2 Å². The maximum absolute atomic E-state index is 13.5. The van der Waals surface area contributed by atoms with Crippen molar-refractivity contribution in [2.45, 2.75) is 0 Å². The fraction of sp³-hybridized carbons (Fsp3) is 0. The lowest BCUT2D eigenvalue weighted by Gasteiger charge is -2.07. The number of hydrogen-bond acceptors (Lipinski definition) is 3. The van der Waals surface area contributed by atoms with E-state index in [4.69, 9.17) is 14.9 Å². The van der Waals surface area contributed by atoms with Crippen molar-refractivity contribution in [2.75, 3.05) is 0 Å². The first kappa shape index (κ1) is 11.9. The predicted octanol–water partition coefficient (Wildman–Crippen LogP) is 3.02. The summed E-state index contributed by atoms with van der Waals surface area (Å²) in [5.41, 5.74) is -0.148. The molecular formula is C13H9FO4. The zero-order valence-electron chi connectivity index (χ0n) is 9.13. The molecule has 2 aromatic rings. The van der Waals surface area contributed by atoms with Crippen LogP contribution >= 0.6 is 0 Å². The molecule has 0 amide bonds. The van der Waals surface area contributed by atoms with E-state index in [1.54, 1.807) is 0 Å². The molecule has 0 aliphatic carbocycles. The zero-order valence-corrected chi connectivity index (χ0v) is 9.13. The number of carboxylic acid groups (broad SMARTS) is 1. The molecule has 0 aromatic heterocycles. The van der Waals surface area contributed by atoms with Crippen LogP contribution in [0, 0.1) is 5.82 Å². The molecule has 0 saturated heterocycles. The van der Waals surface area contributed by atoms with Gasteiger partial charge in [0, 0.05) is 0 Å². The SMILES string of the molecule is O=C(O)c1ccc(Oc2ccc(O)cc2)c(F)c1. The third-order valence-electron chi connectivity index (χ3n) is 2.24. The summed E-state index contributed by atoms with van der Waals surface area (Å²) < 4.78 is 18.8. The maximum atomic E-state index is 13.5. The lowest BCUT2D eigenvalue weighted by atomic mass is 10.2. The van der Waals surface area contributed by atoms with Crippen molar-refractivity contribution in [1.29, 1.82) is 0 Å². The Morgan fingerprint density at radius 3 is 2.33 bits per heavy atom. The number of aromatic carboxylic acids is 1. The smallest absolute Gasteiger partial charge is 0.335 e. The molecule has 0 radical (unpaired) electrons. The minimum Gasteiger partial charge on any atom is -0.508 e. The number of phenolic OH excluding ortho intramolecular Hbond substituents is 1. The molecule has 0 atom stereocenters. The van der Waals surface area contributed by atoms with Crippen molar-refractivity contribution < 1.29 is 24.1 Å². The van der Waals surface area contributed by atoms with Gasteiger partial charge in [-0.15, -0.1) is 0 Å². The fourth-order valence-electron chi connectivity index (χ4n) is 1.36. The van der Waals surface area contributed by atoms with Crippen LogP contribution in [0.2, 0.25) is 0 Å².